The van der Waals surface area contributed by atoms with E-state index in [1.54, 1.807) is 0 Å². The summed E-state index contributed by atoms with van der Waals surface area (Å²) in [6, 6.07) is 0. The van der Waals surface area contributed by atoms with Crippen LogP contribution in [0.2, 0.25) is 5.02 Å². The summed E-state index contributed by atoms with van der Waals surface area (Å²) in [5, 5.41) is 5.65. The van der Waals surface area contributed by atoms with Crippen LogP contribution in [0.4, 0.5) is 0 Å². The predicted octanol–water partition coefficient (Wildman–Crippen LogP) is 2.22. The molecule has 5 heteroatoms. The highest BCUT2D eigenvalue weighted by atomic mass is 35.5. The Hall–Kier alpha value is -0.190. The van der Waals surface area contributed by atoms with E-state index in [9.17, 15) is 0 Å². The molecule has 1 unspecified atom stereocenters. The third kappa shape index (κ3) is 3.13. The number of rotatable bonds is 5. The molecule has 15 heavy (non-hydrogen) atoms. The largest absolute Gasteiger partial charge is 0.329 e. The fraction of sp³-hybridized carbons (Fsp3) is 0.700. The highest BCUT2D eigenvalue weighted by Gasteiger charge is 2.13. The van der Waals surface area contributed by atoms with Crippen LogP contribution in [0, 0.1) is 0 Å². The van der Waals surface area contributed by atoms with Crippen LogP contribution < -0.4 is 5.73 Å². The lowest BCUT2D eigenvalue weighted by molar-refractivity contribution is 0.719. The van der Waals surface area contributed by atoms with Gasteiger partial charge in [0.25, 0.3) is 0 Å². The van der Waals surface area contributed by atoms with E-state index in [4.69, 9.17) is 17.3 Å². The second-order valence-electron chi connectivity index (χ2n) is 3.54. The normalized spacial score (nSPS) is 13.1. The summed E-state index contributed by atoms with van der Waals surface area (Å²) in [6.45, 7) is 4.88. The van der Waals surface area contributed by atoms with Gasteiger partial charge in [-0.3, -0.25) is 4.68 Å². The molecular formula is C10H18ClN3S. The molecule has 0 saturated carbocycles. The van der Waals surface area contributed by atoms with E-state index in [0.717, 1.165) is 28.6 Å². The Balaban J connectivity index is 2.72. The zero-order valence-electron chi connectivity index (χ0n) is 9.46. The van der Waals surface area contributed by atoms with Gasteiger partial charge < -0.3 is 5.73 Å². The van der Waals surface area contributed by atoms with Crippen molar-refractivity contribution >= 4 is 23.4 Å². The number of hydrogen-bond acceptors (Lipinski definition) is 3. The number of nitrogens with zero attached hydrogens (tertiary/aromatic N) is 2. The van der Waals surface area contributed by atoms with Crippen molar-refractivity contribution in [3.8, 4) is 0 Å². The summed E-state index contributed by atoms with van der Waals surface area (Å²) in [4.78, 5) is 0. The highest BCUT2D eigenvalue weighted by molar-refractivity contribution is 7.99. The van der Waals surface area contributed by atoms with E-state index in [1.807, 2.05) is 23.5 Å². The molecule has 86 valence electrons. The van der Waals surface area contributed by atoms with E-state index < -0.39 is 0 Å². The second-order valence-corrected chi connectivity index (χ2v) is 5.35. The van der Waals surface area contributed by atoms with Gasteiger partial charge in [0.1, 0.15) is 0 Å². The van der Waals surface area contributed by atoms with Crippen molar-refractivity contribution in [2.24, 2.45) is 12.8 Å². The molecule has 1 aromatic rings. The van der Waals surface area contributed by atoms with E-state index in [0.29, 0.717) is 11.8 Å². The average Bonchev–Trinajstić information content (AvgIpc) is 2.51. The molecule has 1 aromatic heterocycles. The van der Waals surface area contributed by atoms with Gasteiger partial charge in [0, 0.05) is 24.6 Å². The number of nitrogens with two attached hydrogens (primary N) is 1. The molecule has 1 heterocycles. The van der Waals surface area contributed by atoms with Crippen LogP contribution >= 0.6 is 23.4 Å². The Morgan fingerprint density at radius 2 is 2.27 bits per heavy atom. The Morgan fingerprint density at radius 3 is 2.73 bits per heavy atom. The fourth-order valence-electron chi connectivity index (χ4n) is 1.27. The fourth-order valence-corrected chi connectivity index (χ4v) is 2.62. The van der Waals surface area contributed by atoms with Crippen molar-refractivity contribution in [2.75, 3.05) is 6.54 Å². The van der Waals surface area contributed by atoms with Crippen LogP contribution in [-0.2, 0) is 19.2 Å². The molecule has 0 fully saturated rings. The minimum absolute atomic E-state index is 0.459. The first kappa shape index (κ1) is 12.9. The second kappa shape index (κ2) is 5.77. The number of halogens is 1. The topological polar surface area (TPSA) is 43.8 Å². The van der Waals surface area contributed by atoms with E-state index in [1.165, 1.54) is 0 Å². The quantitative estimate of drug-likeness (QED) is 0.868. The maximum atomic E-state index is 6.23. The van der Waals surface area contributed by atoms with Gasteiger partial charge in [-0.15, -0.1) is 0 Å². The molecule has 1 atom stereocenters. The van der Waals surface area contributed by atoms with E-state index in [2.05, 4.69) is 18.9 Å². The first-order valence-electron chi connectivity index (χ1n) is 5.12. The minimum Gasteiger partial charge on any atom is -0.329 e. The Labute approximate surface area is 100 Å². The molecule has 0 aliphatic rings. The van der Waals surface area contributed by atoms with E-state index >= 15 is 0 Å². The van der Waals surface area contributed by atoms with Crippen molar-refractivity contribution in [1.29, 1.82) is 0 Å². The molecule has 0 amide bonds. The molecule has 0 spiro atoms. The molecule has 0 bridgehead atoms. The number of aromatic nitrogens is 2. The summed E-state index contributed by atoms with van der Waals surface area (Å²) in [7, 11) is 1.94. The van der Waals surface area contributed by atoms with Crippen LogP contribution in [0.3, 0.4) is 0 Å². The van der Waals surface area contributed by atoms with Gasteiger partial charge in [-0.05, 0) is 6.42 Å². The van der Waals surface area contributed by atoms with Gasteiger partial charge in [0.05, 0.1) is 16.4 Å². The van der Waals surface area contributed by atoms with Crippen LogP contribution in [0.1, 0.15) is 25.2 Å². The zero-order valence-corrected chi connectivity index (χ0v) is 11.0. The molecule has 0 aliphatic carbocycles. The van der Waals surface area contributed by atoms with Gasteiger partial charge in [-0.1, -0.05) is 25.4 Å². The summed E-state index contributed by atoms with van der Waals surface area (Å²) in [6.07, 6.45) is 0.879. The van der Waals surface area contributed by atoms with Crippen molar-refractivity contribution < 1.29 is 0 Å². The lowest BCUT2D eigenvalue weighted by Crippen LogP contribution is -2.13. The Kier molecular flexibility index (Phi) is 4.96. The van der Waals surface area contributed by atoms with Gasteiger partial charge in [-0.25, -0.2) is 0 Å². The zero-order chi connectivity index (χ0) is 11.4. The van der Waals surface area contributed by atoms with Crippen LogP contribution in [0.25, 0.3) is 0 Å². The highest BCUT2D eigenvalue weighted by Crippen LogP contribution is 2.26. The SMILES string of the molecule is CCc1nn(C)c(CSC(C)CN)c1Cl. The van der Waals surface area contributed by atoms with Crippen molar-refractivity contribution in [1.82, 2.24) is 9.78 Å². The third-order valence-corrected chi connectivity index (χ3v) is 3.98. The molecule has 0 aromatic carbocycles. The number of aryl methyl sites for hydroxylation is 2. The molecule has 2 N–H and O–H groups in total. The van der Waals surface area contributed by atoms with Crippen LogP contribution in [-0.4, -0.2) is 21.6 Å². The molecule has 3 nitrogen and oxygen atoms in total. The van der Waals surface area contributed by atoms with Gasteiger partial charge >= 0.3 is 0 Å². The van der Waals surface area contributed by atoms with E-state index in [-0.39, 0.29) is 0 Å². The lowest BCUT2D eigenvalue weighted by atomic mass is 10.3. The lowest BCUT2D eigenvalue weighted by Gasteiger charge is -2.08. The maximum Gasteiger partial charge on any atom is 0.0858 e. The molecule has 0 aliphatic heterocycles. The van der Waals surface area contributed by atoms with Gasteiger partial charge in [0.2, 0.25) is 0 Å². The smallest absolute Gasteiger partial charge is 0.0858 e. The maximum absolute atomic E-state index is 6.23. The number of thioether (sulfide) groups is 1. The minimum atomic E-state index is 0.459. The van der Waals surface area contributed by atoms with Crippen molar-refractivity contribution in [3.05, 3.63) is 16.4 Å². The summed E-state index contributed by atoms with van der Waals surface area (Å²) >= 11 is 8.04. The summed E-state index contributed by atoms with van der Waals surface area (Å²) in [5.41, 5.74) is 7.65. The standard InChI is InChI=1S/C10H18ClN3S/c1-4-8-10(11)9(14(3)13-8)6-15-7(2)5-12/h7H,4-6,12H2,1-3H3. The van der Waals surface area contributed by atoms with Gasteiger partial charge in [0.15, 0.2) is 0 Å². The van der Waals surface area contributed by atoms with Crippen LogP contribution in [0.5, 0.6) is 0 Å². The Morgan fingerprint density at radius 1 is 1.60 bits per heavy atom. The number of hydrogen-bond donors (Lipinski definition) is 1. The summed E-state index contributed by atoms with van der Waals surface area (Å²) < 4.78 is 1.87. The summed E-state index contributed by atoms with van der Waals surface area (Å²) in [5.74, 6) is 0.876. The third-order valence-electron chi connectivity index (χ3n) is 2.34. The molecule has 1 rings (SSSR count). The predicted molar refractivity (Wildman–Crippen MR) is 67.4 cm³/mol. The van der Waals surface area contributed by atoms with Gasteiger partial charge in [-0.2, -0.15) is 16.9 Å². The average molecular weight is 248 g/mol. The van der Waals surface area contributed by atoms with Crippen LogP contribution in [0.15, 0.2) is 0 Å². The van der Waals surface area contributed by atoms with Crippen molar-refractivity contribution in [2.45, 2.75) is 31.3 Å². The Bertz CT molecular complexity index is 325. The van der Waals surface area contributed by atoms with Crippen molar-refractivity contribution in [3.63, 3.8) is 0 Å². The first-order chi connectivity index (χ1) is 7.10. The molecule has 0 saturated heterocycles. The first-order valence-corrected chi connectivity index (χ1v) is 6.54. The monoisotopic (exact) mass is 247 g/mol. The molecular weight excluding hydrogens is 230 g/mol. The molecule has 0 radical (unpaired) electrons.